The molecule has 0 aliphatic rings. The molecule has 0 unspecified atom stereocenters. The first kappa shape index (κ1) is 13.8. The molecule has 0 fully saturated rings. The summed E-state index contributed by atoms with van der Waals surface area (Å²) in [6.07, 6.45) is 0. The lowest BCUT2D eigenvalue weighted by Gasteiger charge is -2.06. The summed E-state index contributed by atoms with van der Waals surface area (Å²) in [6, 6.07) is 9.73. The van der Waals surface area contributed by atoms with Gasteiger partial charge in [-0.25, -0.2) is 9.48 Å². The number of alkyl halides is 1. The maximum absolute atomic E-state index is 12.0. The summed E-state index contributed by atoms with van der Waals surface area (Å²) in [5.41, 5.74) is 2.96. The van der Waals surface area contributed by atoms with Crippen molar-refractivity contribution in [1.29, 1.82) is 0 Å². The van der Waals surface area contributed by atoms with Crippen molar-refractivity contribution in [3.63, 3.8) is 0 Å². The number of nitrogens with zero attached hydrogens (tertiary/aromatic N) is 2. The van der Waals surface area contributed by atoms with Crippen molar-refractivity contribution in [2.24, 2.45) is 0 Å². The van der Waals surface area contributed by atoms with Crippen molar-refractivity contribution in [1.82, 2.24) is 9.78 Å². The number of hydrogen-bond donors (Lipinski definition) is 0. The van der Waals surface area contributed by atoms with Crippen LogP contribution in [0, 0.1) is 6.92 Å². The lowest BCUT2D eigenvalue weighted by molar-refractivity contribution is 0.0524. The number of esters is 1. The molecule has 1 aromatic heterocycles. The van der Waals surface area contributed by atoms with Crippen LogP contribution >= 0.6 is 15.9 Å². The number of para-hydroxylation sites is 1. The van der Waals surface area contributed by atoms with Crippen LogP contribution in [-0.4, -0.2) is 22.4 Å². The van der Waals surface area contributed by atoms with Crippen LogP contribution in [0.3, 0.4) is 0 Å². The highest BCUT2D eigenvalue weighted by Crippen LogP contribution is 2.21. The molecule has 2 aromatic rings. The first-order chi connectivity index (χ1) is 9.19. The molecule has 1 heterocycles. The summed E-state index contributed by atoms with van der Waals surface area (Å²) in [4.78, 5) is 12.0. The lowest BCUT2D eigenvalue weighted by atomic mass is 10.2. The van der Waals surface area contributed by atoms with Gasteiger partial charge in [0.25, 0.3) is 0 Å². The highest BCUT2D eigenvalue weighted by atomic mass is 79.9. The van der Waals surface area contributed by atoms with E-state index in [9.17, 15) is 4.79 Å². The van der Waals surface area contributed by atoms with Crippen LogP contribution in [0.1, 0.15) is 28.7 Å². The number of halogens is 1. The van der Waals surface area contributed by atoms with Crippen LogP contribution < -0.4 is 0 Å². The van der Waals surface area contributed by atoms with Gasteiger partial charge in [0.1, 0.15) is 5.56 Å². The van der Waals surface area contributed by atoms with E-state index in [-0.39, 0.29) is 5.97 Å². The zero-order valence-electron chi connectivity index (χ0n) is 10.9. The first-order valence-electron chi connectivity index (χ1n) is 6.06. The number of benzene rings is 1. The van der Waals surface area contributed by atoms with Gasteiger partial charge in [-0.2, -0.15) is 5.10 Å². The van der Waals surface area contributed by atoms with Crippen molar-refractivity contribution in [3.8, 4) is 5.69 Å². The molecule has 0 bridgehead atoms. The number of carbonyl (C=O) groups is 1. The second-order valence-corrected chi connectivity index (χ2v) is 4.57. The molecule has 0 radical (unpaired) electrons. The number of aromatic nitrogens is 2. The molecule has 0 aliphatic carbocycles. The van der Waals surface area contributed by atoms with Crippen LogP contribution in [0.4, 0.5) is 0 Å². The van der Waals surface area contributed by atoms with Gasteiger partial charge in [0, 0.05) is 5.33 Å². The normalized spacial score (nSPS) is 10.5. The van der Waals surface area contributed by atoms with E-state index >= 15 is 0 Å². The Labute approximate surface area is 120 Å². The number of rotatable bonds is 4. The van der Waals surface area contributed by atoms with E-state index in [0.29, 0.717) is 23.2 Å². The van der Waals surface area contributed by atoms with Crippen LogP contribution in [0.5, 0.6) is 0 Å². The van der Waals surface area contributed by atoms with Gasteiger partial charge in [-0.3, -0.25) is 0 Å². The Hall–Kier alpha value is -1.62. The summed E-state index contributed by atoms with van der Waals surface area (Å²) in [7, 11) is 0. The number of carbonyl (C=O) groups excluding carboxylic acids is 1. The number of aryl methyl sites for hydroxylation is 1. The third-order valence-corrected chi connectivity index (χ3v) is 3.29. The van der Waals surface area contributed by atoms with E-state index < -0.39 is 0 Å². The molecule has 0 amide bonds. The van der Waals surface area contributed by atoms with Gasteiger partial charge in [-0.05, 0) is 26.0 Å². The molecule has 0 atom stereocenters. The largest absolute Gasteiger partial charge is 0.462 e. The SMILES string of the molecule is CCOC(=O)c1c(C)nn(-c2ccccc2)c1CBr. The van der Waals surface area contributed by atoms with Crippen LogP contribution in [-0.2, 0) is 10.1 Å². The van der Waals surface area contributed by atoms with E-state index in [4.69, 9.17) is 4.74 Å². The monoisotopic (exact) mass is 322 g/mol. The Balaban J connectivity index is 2.53. The maximum atomic E-state index is 12.0. The molecule has 0 saturated carbocycles. The van der Waals surface area contributed by atoms with Crippen LogP contribution in [0.15, 0.2) is 30.3 Å². The third-order valence-electron chi connectivity index (χ3n) is 2.76. The molecule has 1 aromatic carbocycles. The number of hydrogen-bond acceptors (Lipinski definition) is 3. The van der Waals surface area contributed by atoms with Gasteiger partial charge in [-0.15, -0.1) is 0 Å². The Bertz CT molecular complexity index is 579. The van der Waals surface area contributed by atoms with Crippen molar-refractivity contribution in [2.75, 3.05) is 6.61 Å². The van der Waals surface area contributed by atoms with Crippen molar-refractivity contribution < 1.29 is 9.53 Å². The van der Waals surface area contributed by atoms with E-state index in [2.05, 4.69) is 21.0 Å². The van der Waals surface area contributed by atoms with E-state index in [1.807, 2.05) is 37.3 Å². The highest BCUT2D eigenvalue weighted by molar-refractivity contribution is 9.08. The summed E-state index contributed by atoms with van der Waals surface area (Å²) < 4.78 is 6.86. The molecule has 100 valence electrons. The van der Waals surface area contributed by atoms with Crippen LogP contribution in [0.25, 0.3) is 5.69 Å². The Morgan fingerprint density at radius 1 is 1.37 bits per heavy atom. The molecule has 19 heavy (non-hydrogen) atoms. The van der Waals surface area contributed by atoms with Crippen molar-refractivity contribution >= 4 is 21.9 Å². The molecule has 0 saturated heterocycles. The zero-order valence-corrected chi connectivity index (χ0v) is 12.5. The Morgan fingerprint density at radius 3 is 2.63 bits per heavy atom. The fourth-order valence-corrected chi connectivity index (χ4v) is 2.47. The van der Waals surface area contributed by atoms with E-state index in [0.717, 1.165) is 11.4 Å². The molecule has 5 heteroatoms. The van der Waals surface area contributed by atoms with E-state index in [1.54, 1.807) is 11.6 Å². The number of ether oxygens (including phenoxy) is 1. The first-order valence-corrected chi connectivity index (χ1v) is 7.18. The molecule has 0 aliphatic heterocycles. The summed E-state index contributed by atoms with van der Waals surface area (Å²) in [5, 5.41) is 4.98. The summed E-state index contributed by atoms with van der Waals surface area (Å²) in [5.74, 6) is -0.323. The fourth-order valence-electron chi connectivity index (χ4n) is 1.95. The average molecular weight is 323 g/mol. The van der Waals surface area contributed by atoms with Crippen LogP contribution in [0.2, 0.25) is 0 Å². The molecular formula is C14H15BrN2O2. The second kappa shape index (κ2) is 6.02. The Kier molecular flexibility index (Phi) is 4.37. The molecule has 0 N–H and O–H groups in total. The molecule has 4 nitrogen and oxygen atoms in total. The van der Waals surface area contributed by atoms with Gasteiger partial charge in [0.05, 0.1) is 23.7 Å². The van der Waals surface area contributed by atoms with Gasteiger partial charge in [0.15, 0.2) is 0 Å². The summed E-state index contributed by atoms with van der Waals surface area (Å²) in [6.45, 7) is 3.97. The highest BCUT2D eigenvalue weighted by Gasteiger charge is 2.22. The minimum absolute atomic E-state index is 0.323. The Morgan fingerprint density at radius 2 is 2.05 bits per heavy atom. The van der Waals surface area contributed by atoms with Crippen molar-refractivity contribution in [3.05, 3.63) is 47.3 Å². The topological polar surface area (TPSA) is 44.1 Å². The fraction of sp³-hybridized carbons (Fsp3) is 0.286. The van der Waals surface area contributed by atoms with Crippen molar-refractivity contribution in [2.45, 2.75) is 19.2 Å². The molecule has 0 spiro atoms. The average Bonchev–Trinajstić information content (AvgIpc) is 2.76. The third kappa shape index (κ3) is 2.71. The maximum Gasteiger partial charge on any atom is 0.341 e. The summed E-state index contributed by atoms with van der Waals surface area (Å²) >= 11 is 3.42. The lowest BCUT2D eigenvalue weighted by Crippen LogP contribution is -2.09. The smallest absolute Gasteiger partial charge is 0.341 e. The molecule has 2 rings (SSSR count). The minimum Gasteiger partial charge on any atom is -0.462 e. The van der Waals surface area contributed by atoms with Gasteiger partial charge in [0.2, 0.25) is 0 Å². The van der Waals surface area contributed by atoms with Gasteiger partial charge >= 0.3 is 5.97 Å². The van der Waals surface area contributed by atoms with E-state index in [1.165, 1.54) is 0 Å². The quantitative estimate of drug-likeness (QED) is 0.641. The predicted octanol–water partition coefficient (Wildman–Crippen LogP) is 3.25. The predicted molar refractivity (Wildman–Crippen MR) is 76.9 cm³/mol. The van der Waals surface area contributed by atoms with Gasteiger partial charge in [-0.1, -0.05) is 34.1 Å². The zero-order chi connectivity index (χ0) is 13.8. The van der Waals surface area contributed by atoms with Gasteiger partial charge < -0.3 is 4.74 Å². The molecular weight excluding hydrogens is 308 g/mol. The standard InChI is InChI=1S/C14H15BrN2O2/c1-3-19-14(18)13-10(2)16-17(12(13)9-15)11-7-5-4-6-8-11/h4-8H,3,9H2,1-2H3. The second-order valence-electron chi connectivity index (χ2n) is 4.01. The minimum atomic E-state index is -0.323.